The van der Waals surface area contributed by atoms with Gasteiger partial charge in [0, 0.05) is 23.4 Å². The van der Waals surface area contributed by atoms with Crippen molar-refractivity contribution in [1.82, 2.24) is 10.2 Å². The second-order valence-electron chi connectivity index (χ2n) is 7.27. The molecule has 3 rings (SSSR count). The molecule has 0 unspecified atom stereocenters. The third kappa shape index (κ3) is 3.30. The Bertz CT molecular complexity index is 842. The normalized spacial score (nSPS) is 28.8. The Balaban J connectivity index is 2.17. The quantitative estimate of drug-likeness (QED) is 0.587. The molecular weight excluding hydrogens is 400 g/mol. The number of nitrogens with zero attached hydrogens (tertiary/aromatic N) is 1. The molecule has 0 saturated carbocycles. The Labute approximate surface area is 173 Å². The highest BCUT2D eigenvalue weighted by Crippen LogP contribution is 2.56. The lowest BCUT2D eigenvalue weighted by Crippen LogP contribution is -2.45. The molecule has 0 radical (unpaired) electrons. The summed E-state index contributed by atoms with van der Waals surface area (Å²) in [5.74, 6) is -2.36. The number of benzene rings is 1. The van der Waals surface area contributed by atoms with E-state index in [4.69, 9.17) is 16.3 Å². The van der Waals surface area contributed by atoms with Crippen molar-refractivity contribution >= 4 is 35.5 Å². The van der Waals surface area contributed by atoms with Gasteiger partial charge in [0.1, 0.15) is 6.04 Å². The molecular formula is C20H23ClN2O6. The van der Waals surface area contributed by atoms with Crippen LogP contribution in [0.3, 0.4) is 0 Å². The monoisotopic (exact) mass is 422 g/mol. The van der Waals surface area contributed by atoms with E-state index in [-0.39, 0.29) is 6.42 Å². The fourth-order valence-electron chi connectivity index (χ4n) is 4.62. The highest BCUT2D eigenvalue weighted by molar-refractivity contribution is 6.30. The molecule has 2 aliphatic rings. The van der Waals surface area contributed by atoms with Crippen LogP contribution in [0.15, 0.2) is 24.3 Å². The first-order chi connectivity index (χ1) is 13.8. The molecule has 0 bridgehead atoms. The van der Waals surface area contributed by atoms with Crippen LogP contribution in [0.25, 0.3) is 0 Å². The number of amides is 3. The van der Waals surface area contributed by atoms with Gasteiger partial charge in [-0.15, -0.1) is 0 Å². The minimum absolute atomic E-state index is 0.209. The fourth-order valence-corrected chi connectivity index (χ4v) is 4.74. The Morgan fingerprint density at radius 1 is 1.21 bits per heavy atom. The summed E-state index contributed by atoms with van der Waals surface area (Å²) in [6.45, 7) is 1.93. The summed E-state index contributed by atoms with van der Waals surface area (Å²) in [6, 6.07) is 5.35. The Morgan fingerprint density at radius 3 is 2.41 bits per heavy atom. The number of esters is 1. The molecule has 2 fully saturated rings. The number of carbonyl (C=O) groups is 4. The molecule has 3 amide bonds. The first kappa shape index (κ1) is 21.3. The van der Waals surface area contributed by atoms with E-state index in [0.717, 1.165) is 7.11 Å². The van der Waals surface area contributed by atoms with Crippen molar-refractivity contribution in [2.45, 2.75) is 38.3 Å². The average molecular weight is 423 g/mol. The van der Waals surface area contributed by atoms with Gasteiger partial charge < -0.3 is 9.47 Å². The Hall–Kier alpha value is -2.45. The third-order valence-corrected chi connectivity index (χ3v) is 6.09. The average Bonchev–Trinajstić information content (AvgIpc) is 3.16. The van der Waals surface area contributed by atoms with Crippen molar-refractivity contribution in [2.75, 3.05) is 14.2 Å². The maximum absolute atomic E-state index is 13.5. The molecule has 9 heteroatoms. The van der Waals surface area contributed by atoms with E-state index < -0.39 is 47.3 Å². The molecule has 1 aromatic carbocycles. The first-order valence-corrected chi connectivity index (χ1v) is 9.74. The van der Waals surface area contributed by atoms with Gasteiger partial charge in [0.15, 0.2) is 0 Å². The van der Waals surface area contributed by atoms with Gasteiger partial charge in [-0.25, -0.2) is 4.79 Å². The van der Waals surface area contributed by atoms with E-state index in [2.05, 4.69) is 10.1 Å². The standard InChI is InChI=1S/C20H23ClN2O6/c1-4-5-13-15(17(25)28-2)22-16(11-6-8-12(21)9-7-11)20(13)10-14(24)23(18(20)26)19(27)29-3/h6-9,13,15-16,22H,4-5,10H2,1-3H3/t13-,15+,16+,20+/m0/s1. The number of hydrogen-bond acceptors (Lipinski definition) is 7. The summed E-state index contributed by atoms with van der Waals surface area (Å²) in [5, 5.41) is 3.72. The van der Waals surface area contributed by atoms with Crippen molar-refractivity contribution in [2.24, 2.45) is 11.3 Å². The largest absolute Gasteiger partial charge is 0.468 e. The molecule has 156 valence electrons. The number of rotatable bonds is 4. The van der Waals surface area contributed by atoms with Crippen LogP contribution in [0.2, 0.25) is 5.02 Å². The molecule has 8 nitrogen and oxygen atoms in total. The van der Waals surface area contributed by atoms with Gasteiger partial charge in [0.25, 0.3) is 0 Å². The van der Waals surface area contributed by atoms with Crippen LogP contribution in [-0.4, -0.2) is 49.0 Å². The van der Waals surface area contributed by atoms with Crippen LogP contribution in [0.4, 0.5) is 4.79 Å². The number of halogens is 1. The second kappa shape index (κ2) is 8.12. The van der Waals surface area contributed by atoms with Gasteiger partial charge in [-0.3, -0.25) is 19.7 Å². The SMILES string of the molecule is CCC[C@H]1[C@H](C(=O)OC)N[C@H](c2ccc(Cl)cc2)[C@@]12CC(=O)N(C(=O)OC)C2=O. The lowest BCUT2D eigenvalue weighted by Gasteiger charge is -2.33. The van der Waals surface area contributed by atoms with E-state index in [1.54, 1.807) is 24.3 Å². The summed E-state index contributed by atoms with van der Waals surface area (Å²) in [5.41, 5.74) is -0.622. The van der Waals surface area contributed by atoms with Crippen molar-refractivity contribution in [3.63, 3.8) is 0 Å². The summed E-state index contributed by atoms with van der Waals surface area (Å²) >= 11 is 6.00. The molecule has 4 atom stereocenters. The zero-order valence-electron chi connectivity index (χ0n) is 16.4. The lowest BCUT2D eigenvalue weighted by molar-refractivity contribution is -0.145. The van der Waals surface area contributed by atoms with Gasteiger partial charge >= 0.3 is 12.1 Å². The summed E-state index contributed by atoms with van der Waals surface area (Å²) in [6.07, 6.45) is -0.0673. The Morgan fingerprint density at radius 2 is 1.86 bits per heavy atom. The van der Waals surface area contributed by atoms with E-state index in [1.807, 2.05) is 6.92 Å². The van der Waals surface area contributed by atoms with Crippen molar-refractivity contribution in [3.8, 4) is 0 Å². The smallest absolute Gasteiger partial charge is 0.423 e. The van der Waals surface area contributed by atoms with Crippen LogP contribution in [0.5, 0.6) is 0 Å². The van der Waals surface area contributed by atoms with Crippen molar-refractivity contribution in [3.05, 3.63) is 34.9 Å². The Kier molecular flexibility index (Phi) is 5.95. The topological polar surface area (TPSA) is 102 Å². The molecule has 1 spiro atoms. The second-order valence-corrected chi connectivity index (χ2v) is 7.71. The minimum Gasteiger partial charge on any atom is -0.468 e. The molecule has 2 aliphatic heterocycles. The summed E-state index contributed by atoms with van der Waals surface area (Å²) < 4.78 is 9.59. The van der Waals surface area contributed by atoms with Crippen LogP contribution in [-0.2, 0) is 23.9 Å². The van der Waals surface area contributed by atoms with Crippen molar-refractivity contribution < 1.29 is 28.7 Å². The third-order valence-electron chi connectivity index (χ3n) is 5.84. The van der Waals surface area contributed by atoms with Gasteiger partial charge in [-0.1, -0.05) is 37.1 Å². The highest BCUT2D eigenvalue weighted by Gasteiger charge is 2.68. The van der Waals surface area contributed by atoms with Gasteiger partial charge in [-0.05, 0) is 24.1 Å². The number of likely N-dealkylation sites (tertiary alicyclic amines) is 1. The van der Waals surface area contributed by atoms with Crippen LogP contribution in [0, 0.1) is 11.3 Å². The number of carbonyl (C=O) groups excluding carboxylic acids is 4. The number of methoxy groups -OCH3 is 2. The summed E-state index contributed by atoms with van der Waals surface area (Å²) in [7, 11) is 2.38. The first-order valence-electron chi connectivity index (χ1n) is 9.36. The van der Waals surface area contributed by atoms with Gasteiger partial charge in [0.05, 0.1) is 19.6 Å². The van der Waals surface area contributed by atoms with E-state index in [1.165, 1.54) is 7.11 Å². The van der Waals surface area contributed by atoms with Crippen LogP contribution >= 0.6 is 11.6 Å². The van der Waals surface area contributed by atoms with E-state index >= 15 is 0 Å². The molecule has 1 aromatic rings. The predicted octanol–water partition coefficient (Wildman–Crippen LogP) is 2.45. The van der Waals surface area contributed by atoms with Gasteiger partial charge in [0.2, 0.25) is 11.8 Å². The minimum atomic E-state index is -1.31. The number of imide groups is 3. The highest BCUT2D eigenvalue weighted by atomic mass is 35.5. The van der Waals surface area contributed by atoms with Crippen LogP contribution < -0.4 is 5.32 Å². The lowest BCUT2D eigenvalue weighted by atomic mass is 9.66. The molecule has 0 aliphatic carbocycles. The zero-order chi connectivity index (χ0) is 21.3. The summed E-state index contributed by atoms with van der Waals surface area (Å²) in [4.78, 5) is 51.4. The van der Waals surface area contributed by atoms with Crippen LogP contribution in [0.1, 0.15) is 37.8 Å². The molecule has 1 N–H and O–H groups in total. The molecule has 2 heterocycles. The molecule has 0 aromatic heterocycles. The van der Waals surface area contributed by atoms with E-state index in [9.17, 15) is 19.2 Å². The maximum Gasteiger partial charge on any atom is 0.423 e. The van der Waals surface area contributed by atoms with E-state index in [0.29, 0.717) is 28.3 Å². The van der Waals surface area contributed by atoms with Gasteiger partial charge in [-0.2, -0.15) is 4.90 Å². The molecule has 2 saturated heterocycles. The maximum atomic E-state index is 13.5. The predicted molar refractivity (Wildman–Crippen MR) is 103 cm³/mol. The zero-order valence-corrected chi connectivity index (χ0v) is 17.2. The number of hydrogen-bond donors (Lipinski definition) is 1. The number of nitrogens with one attached hydrogen (secondary N) is 1. The fraction of sp³-hybridized carbons (Fsp3) is 0.500. The van der Waals surface area contributed by atoms with Crippen molar-refractivity contribution in [1.29, 1.82) is 0 Å². The number of ether oxygens (including phenoxy) is 2. The molecule has 29 heavy (non-hydrogen) atoms.